The first-order valence-electron chi connectivity index (χ1n) is 9.81. The number of rotatable bonds is 6. The molecule has 1 aliphatic heterocycles. The Balaban J connectivity index is 1.68. The van der Waals surface area contributed by atoms with Gasteiger partial charge in [-0.3, -0.25) is 9.48 Å². The second kappa shape index (κ2) is 9.47. The molecule has 0 saturated carbocycles. The SMILES string of the molecule is CCCCc1c(Cl)c(C(F)(F)F)nn1CC(=O)N1CCN(c2ccc(Cl)cc2)CC1. The van der Waals surface area contributed by atoms with Crippen molar-refractivity contribution >= 4 is 34.8 Å². The number of halogens is 5. The number of alkyl halides is 3. The first kappa shape index (κ1) is 22.7. The van der Waals surface area contributed by atoms with Crippen molar-refractivity contribution in [3.05, 3.63) is 45.7 Å². The van der Waals surface area contributed by atoms with Crippen molar-refractivity contribution in [1.29, 1.82) is 0 Å². The molecule has 0 radical (unpaired) electrons. The summed E-state index contributed by atoms with van der Waals surface area (Å²) < 4.78 is 40.8. The summed E-state index contributed by atoms with van der Waals surface area (Å²) in [7, 11) is 0. The number of carbonyl (C=O) groups excluding carboxylic acids is 1. The molecule has 1 saturated heterocycles. The summed E-state index contributed by atoms with van der Waals surface area (Å²) in [4.78, 5) is 16.5. The second-order valence-corrected chi connectivity index (χ2v) is 8.03. The molecule has 0 spiro atoms. The Bertz CT molecular complexity index is 875. The van der Waals surface area contributed by atoms with E-state index in [4.69, 9.17) is 23.2 Å². The van der Waals surface area contributed by atoms with Crippen LogP contribution in [0.1, 0.15) is 31.2 Å². The van der Waals surface area contributed by atoms with Crippen LogP contribution in [-0.4, -0.2) is 46.8 Å². The molecule has 0 N–H and O–H groups in total. The Morgan fingerprint density at radius 3 is 2.30 bits per heavy atom. The molecule has 1 aliphatic rings. The van der Waals surface area contributed by atoms with Crippen molar-refractivity contribution in [1.82, 2.24) is 14.7 Å². The maximum Gasteiger partial charge on any atom is 0.436 e. The third kappa shape index (κ3) is 5.21. The Labute approximate surface area is 183 Å². The molecule has 1 amide bonds. The molecular formula is C20H23Cl2F3N4O. The number of anilines is 1. The first-order valence-corrected chi connectivity index (χ1v) is 10.6. The van der Waals surface area contributed by atoms with Crippen LogP contribution in [0.3, 0.4) is 0 Å². The van der Waals surface area contributed by atoms with Crippen LogP contribution in [0.2, 0.25) is 10.0 Å². The molecule has 0 unspecified atom stereocenters. The minimum Gasteiger partial charge on any atom is -0.368 e. The smallest absolute Gasteiger partial charge is 0.368 e. The number of unbranched alkanes of at least 4 members (excludes halogenated alkanes) is 1. The summed E-state index contributed by atoms with van der Waals surface area (Å²) in [5.74, 6) is -0.267. The highest BCUT2D eigenvalue weighted by Gasteiger charge is 2.39. The molecule has 164 valence electrons. The third-order valence-corrected chi connectivity index (χ3v) is 5.79. The van der Waals surface area contributed by atoms with E-state index in [1.165, 1.54) is 0 Å². The van der Waals surface area contributed by atoms with Crippen LogP contribution >= 0.6 is 23.2 Å². The predicted molar refractivity (Wildman–Crippen MR) is 111 cm³/mol. The summed E-state index contributed by atoms with van der Waals surface area (Å²) in [6.45, 7) is 3.90. The molecular weight excluding hydrogens is 440 g/mol. The molecule has 1 fully saturated rings. The number of hydrogen-bond donors (Lipinski definition) is 0. The highest BCUT2D eigenvalue weighted by Crippen LogP contribution is 2.36. The summed E-state index contributed by atoms with van der Waals surface area (Å²) in [6, 6.07) is 7.46. The number of amides is 1. The van der Waals surface area contributed by atoms with E-state index in [1.807, 2.05) is 31.2 Å². The summed E-state index contributed by atoms with van der Waals surface area (Å²) in [6.07, 6.45) is -2.85. The van der Waals surface area contributed by atoms with Gasteiger partial charge in [-0.1, -0.05) is 36.5 Å². The third-order valence-electron chi connectivity index (χ3n) is 5.14. The van der Waals surface area contributed by atoms with Crippen LogP contribution in [-0.2, 0) is 23.9 Å². The van der Waals surface area contributed by atoms with Gasteiger partial charge in [-0.05, 0) is 37.1 Å². The van der Waals surface area contributed by atoms with E-state index in [0.717, 1.165) is 16.8 Å². The Hall–Kier alpha value is -1.93. The van der Waals surface area contributed by atoms with Gasteiger partial charge in [0, 0.05) is 36.9 Å². The molecule has 2 heterocycles. The van der Waals surface area contributed by atoms with Crippen molar-refractivity contribution in [3.63, 3.8) is 0 Å². The van der Waals surface area contributed by atoms with Crippen LogP contribution in [0.15, 0.2) is 24.3 Å². The van der Waals surface area contributed by atoms with E-state index < -0.39 is 16.9 Å². The lowest BCUT2D eigenvalue weighted by molar-refractivity contribution is -0.142. The van der Waals surface area contributed by atoms with Crippen molar-refractivity contribution in [2.24, 2.45) is 0 Å². The van der Waals surface area contributed by atoms with E-state index in [2.05, 4.69) is 10.00 Å². The second-order valence-electron chi connectivity index (χ2n) is 7.21. The van der Waals surface area contributed by atoms with E-state index >= 15 is 0 Å². The maximum absolute atomic E-state index is 13.2. The lowest BCUT2D eigenvalue weighted by Gasteiger charge is -2.36. The summed E-state index contributed by atoms with van der Waals surface area (Å²) in [5.41, 5.74) is 0.150. The van der Waals surface area contributed by atoms with Crippen LogP contribution in [0.5, 0.6) is 0 Å². The molecule has 0 bridgehead atoms. The zero-order chi connectivity index (χ0) is 21.9. The highest BCUT2D eigenvalue weighted by molar-refractivity contribution is 6.32. The van der Waals surface area contributed by atoms with Gasteiger partial charge in [-0.2, -0.15) is 18.3 Å². The van der Waals surface area contributed by atoms with Crippen LogP contribution in [0, 0.1) is 0 Å². The number of aromatic nitrogens is 2. The fourth-order valence-corrected chi connectivity index (χ4v) is 3.93. The maximum atomic E-state index is 13.2. The number of carbonyl (C=O) groups is 1. The van der Waals surface area contributed by atoms with Gasteiger partial charge in [0.1, 0.15) is 6.54 Å². The van der Waals surface area contributed by atoms with Crippen molar-refractivity contribution in [3.8, 4) is 0 Å². The molecule has 1 aromatic heterocycles. The van der Waals surface area contributed by atoms with E-state index in [9.17, 15) is 18.0 Å². The summed E-state index contributed by atoms with van der Waals surface area (Å²) >= 11 is 11.9. The van der Waals surface area contributed by atoms with Crippen molar-refractivity contribution in [2.75, 3.05) is 31.1 Å². The summed E-state index contributed by atoms with van der Waals surface area (Å²) in [5, 5.41) is 3.88. The monoisotopic (exact) mass is 462 g/mol. The van der Waals surface area contributed by atoms with E-state index in [1.54, 1.807) is 4.90 Å². The van der Waals surface area contributed by atoms with Crippen LogP contribution < -0.4 is 4.90 Å². The van der Waals surface area contributed by atoms with Crippen LogP contribution in [0.25, 0.3) is 0 Å². The molecule has 30 heavy (non-hydrogen) atoms. The van der Waals surface area contributed by atoms with Gasteiger partial charge in [-0.25, -0.2) is 0 Å². The Morgan fingerprint density at radius 1 is 1.10 bits per heavy atom. The molecule has 10 heteroatoms. The number of nitrogens with zero attached hydrogens (tertiary/aromatic N) is 4. The van der Waals surface area contributed by atoms with Gasteiger partial charge >= 0.3 is 6.18 Å². The largest absolute Gasteiger partial charge is 0.436 e. The van der Waals surface area contributed by atoms with Gasteiger partial charge in [0.2, 0.25) is 5.91 Å². The minimum absolute atomic E-state index is 0.254. The number of benzene rings is 1. The molecule has 3 rings (SSSR count). The van der Waals surface area contributed by atoms with Gasteiger partial charge < -0.3 is 9.80 Å². The Morgan fingerprint density at radius 2 is 1.73 bits per heavy atom. The normalized spacial score (nSPS) is 15.0. The Kier molecular flexibility index (Phi) is 7.18. The topological polar surface area (TPSA) is 41.4 Å². The lowest BCUT2D eigenvalue weighted by Crippen LogP contribution is -2.49. The van der Waals surface area contributed by atoms with E-state index in [0.29, 0.717) is 44.0 Å². The average molecular weight is 463 g/mol. The fraction of sp³-hybridized carbons (Fsp3) is 0.500. The molecule has 5 nitrogen and oxygen atoms in total. The zero-order valence-corrected chi connectivity index (χ0v) is 18.1. The van der Waals surface area contributed by atoms with Gasteiger partial charge in [0.15, 0.2) is 5.69 Å². The molecule has 2 aromatic rings. The molecule has 0 aliphatic carbocycles. The standard InChI is InChI=1S/C20H23Cl2F3N4O/c1-2-3-4-16-18(22)19(20(23,24)25)26-29(16)13-17(30)28-11-9-27(10-12-28)15-7-5-14(21)6-8-15/h5-8H,2-4,9-13H2,1H3. The quantitative estimate of drug-likeness (QED) is 0.612. The van der Waals surface area contributed by atoms with Crippen molar-refractivity contribution in [2.45, 2.75) is 38.9 Å². The molecule has 1 aromatic carbocycles. The minimum atomic E-state index is -4.66. The number of hydrogen-bond acceptors (Lipinski definition) is 3. The van der Waals surface area contributed by atoms with E-state index in [-0.39, 0.29) is 18.1 Å². The van der Waals surface area contributed by atoms with Gasteiger partial charge in [0.25, 0.3) is 0 Å². The average Bonchev–Trinajstić information content (AvgIpc) is 3.02. The fourth-order valence-electron chi connectivity index (χ4n) is 3.46. The number of piperazine rings is 1. The molecule has 0 atom stereocenters. The van der Waals surface area contributed by atoms with Gasteiger partial charge in [0.05, 0.1) is 10.7 Å². The lowest BCUT2D eigenvalue weighted by atomic mass is 10.2. The zero-order valence-electron chi connectivity index (χ0n) is 16.6. The van der Waals surface area contributed by atoms with Crippen LogP contribution in [0.4, 0.5) is 18.9 Å². The first-order chi connectivity index (χ1) is 14.2. The van der Waals surface area contributed by atoms with Gasteiger partial charge in [-0.15, -0.1) is 0 Å². The predicted octanol–water partition coefficient (Wildman–Crippen LogP) is 4.90. The highest BCUT2D eigenvalue weighted by atomic mass is 35.5. The van der Waals surface area contributed by atoms with Crippen molar-refractivity contribution < 1.29 is 18.0 Å².